The molecule has 0 aliphatic rings. The highest BCUT2D eigenvalue weighted by Crippen LogP contribution is 2.35. The first kappa shape index (κ1) is 16.6. The summed E-state index contributed by atoms with van der Waals surface area (Å²) in [5.74, 6) is -0.426. The third kappa shape index (κ3) is 4.86. The smallest absolute Gasteiger partial charge is 0.200 e. The van der Waals surface area contributed by atoms with E-state index >= 15 is 0 Å². The number of rotatable bonds is 5. The Labute approximate surface area is 139 Å². The summed E-state index contributed by atoms with van der Waals surface area (Å²) in [6.45, 7) is 0.593. The van der Waals surface area contributed by atoms with Gasteiger partial charge in [0, 0.05) is 12.1 Å². The molecule has 0 heterocycles. The van der Waals surface area contributed by atoms with Crippen molar-refractivity contribution in [2.75, 3.05) is 7.11 Å². The van der Waals surface area contributed by atoms with Crippen LogP contribution < -0.4 is 15.5 Å². The van der Waals surface area contributed by atoms with Crippen molar-refractivity contribution in [1.82, 2.24) is 10.7 Å². The van der Waals surface area contributed by atoms with Gasteiger partial charge >= 0.3 is 0 Å². The molecule has 2 aromatic rings. The molecule has 0 aromatic heterocycles. The molecule has 0 radical (unpaired) electrons. The summed E-state index contributed by atoms with van der Waals surface area (Å²) in [4.78, 5) is 0. The van der Waals surface area contributed by atoms with Crippen molar-refractivity contribution in [3.63, 3.8) is 0 Å². The fraction of sp³-hybridized carbons (Fsp3) is 0.125. The van der Waals surface area contributed by atoms with E-state index in [1.807, 2.05) is 30.3 Å². The Morgan fingerprint density at radius 1 is 1.26 bits per heavy atom. The van der Waals surface area contributed by atoms with Gasteiger partial charge in [0.05, 0.1) is 13.3 Å². The molecule has 0 unspecified atom stereocenters. The van der Waals surface area contributed by atoms with Crippen LogP contribution >= 0.6 is 12.2 Å². The summed E-state index contributed by atoms with van der Waals surface area (Å²) in [5, 5.41) is 26.5. The van der Waals surface area contributed by atoms with E-state index in [0.29, 0.717) is 17.2 Å². The van der Waals surface area contributed by atoms with Crippen LogP contribution in [0.2, 0.25) is 0 Å². The molecule has 0 saturated heterocycles. The van der Waals surface area contributed by atoms with Gasteiger partial charge < -0.3 is 20.3 Å². The van der Waals surface area contributed by atoms with Gasteiger partial charge in [0.25, 0.3) is 0 Å². The average molecular weight is 331 g/mol. The maximum Gasteiger partial charge on any atom is 0.200 e. The van der Waals surface area contributed by atoms with E-state index in [9.17, 15) is 10.2 Å². The monoisotopic (exact) mass is 331 g/mol. The zero-order valence-electron chi connectivity index (χ0n) is 12.5. The van der Waals surface area contributed by atoms with Crippen molar-refractivity contribution in [2.24, 2.45) is 5.10 Å². The van der Waals surface area contributed by atoms with Crippen molar-refractivity contribution < 1.29 is 14.9 Å². The van der Waals surface area contributed by atoms with E-state index in [1.54, 1.807) is 6.07 Å². The van der Waals surface area contributed by atoms with Gasteiger partial charge in [0.15, 0.2) is 16.6 Å². The fourth-order valence-electron chi connectivity index (χ4n) is 1.83. The van der Waals surface area contributed by atoms with Gasteiger partial charge in [-0.2, -0.15) is 5.10 Å². The predicted molar refractivity (Wildman–Crippen MR) is 92.9 cm³/mol. The molecule has 0 spiro atoms. The molecule has 0 amide bonds. The third-order valence-electron chi connectivity index (χ3n) is 2.97. The molecule has 2 aromatic carbocycles. The molecule has 0 saturated carbocycles. The lowest BCUT2D eigenvalue weighted by Crippen LogP contribution is -2.31. The molecule has 0 atom stereocenters. The van der Waals surface area contributed by atoms with Gasteiger partial charge in [-0.15, -0.1) is 0 Å². The number of phenolic OH excluding ortho intramolecular Hbond substituents is 2. The Balaban J connectivity index is 1.89. The Hall–Kier alpha value is -2.80. The molecule has 23 heavy (non-hydrogen) atoms. The Morgan fingerprint density at radius 3 is 2.70 bits per heavy atom. The fourth-order valence-corrected chi connectivity index (χ4v) is 1.95. The van der Waals surface area contributed by atoms with Crippen LogP contribution in [-0.2, 0) is 6.54 Å². The zero-order valence-corrected chi connectivity index (χ0v) is 13.3. The number of nitrogens with one attached hydrogen (secondary N) is 2. The number of ether oxygens (including phenoxy) is 1. The first-order chi connectivity index (χ1) is 11.1. The van der Waals surface area contributed by atoms with Crippen molar-refractivity contribution >= 4 is 23.5 Å². The number of nitrogens with zero attached hydrogens (tertiary/aromatic N) is 1. The lowest BCUT2D eigenvalue weighted by atomic mass is 10.2. The molecule has 2 rings (SSSR count). The van der Waals surface area contributed by atoms with E-state index in [0.717, 1.165) is 5.56 Å². The summed E-state index contributed by atoms with van der Waals surface area (Å²) in [6.07, 6.45) is 1.46. The Bertz CT molecular complexity index is 705. The molecule has 0 fully saturated rings. The summed E-state index contributed by atoms with van der Waals surface area (Å²) < 4.78 is 4.95. The molecule has 4 N–H and O–H groups in total. The van der Waals surface area contributed by atoms with Crippen LogP contribution in [0, 0.1) is 0 Å². The third-order valence-corrected chi connectivity index (χ3v) is 3.21. The lowest BCUT2D eigenvalue weighted by molar-refractivity contribution is 0.351. The number of benzene rings is 2. The van der Waals surface area contributed by atoms with Gasteiger partial charge in [0.2, 0.25) is 5.75 Å². The normalized spacial score (nSPS) is 10.5. The molecule has 0 bridgehead atoms. The lowest BCUT2D eigenvalue weighted by Gasteiger charge is -2.07. The van der Waals surface area contributed by atoms with Gasteiger partial charge in [-0.3, -0.25) is 5.43 Å². The van der Waals surface area contributed by atoms with E-state index in [4.69, 9.17) is 17.0 Å². The zero-order chi connectivity index (χ0) is 16.7. The number of methoxy groups -OCH3 is 1. The molecule has 7 heteroatoms. The number of phenols is 2. The van der Waals surface area contributed by atoms with Crippen LogP contribution in [0.3, 0.4) is 0 Å². The second kappa shape index (κ2) is 8.00. The van der Waals surface area contributed by atoms with Crippen LogP contribution in [0.5, 0.6) is 17.2 Å². The van der Waals surface area contributed by atoms with E-state index in [1.165, 1.54) is 19.4 Å². The minimum absolute atomic E-state index is 0.163. The molecular weight excluding hydrogens is 314 g/mol. The Kier molecular flexibility index (Phi) is 5.76. The predicted octanol–water partition coefficient (Wildman–Crippen LogP) is 2.10. The summed E-state index contributed by atoms with van der Waals surface area (Å²) in [5.41, 5.74) is 4.33. The van der Waals surface area contributed by atoms with E-state index < -0.39 is 0 Å². The van der Waals surface area contributed by atoms with Crippen molar-refractivity contribution in [3.8, 4) is 17.2 Å². The minimum atomic E-state index is -0.308. The first-order valence-corrected chi connectivity index (χ1v) is 7.21. The van der Waals surface area contributed by atoms with E-state index in [-0.39, 0.29) is 17.2 Å². The number of hydrogen-bond acceptors (Lipinski definition) is 5. The van der Waals surface area contributed by atoms with Crippen molar-refractivity contribution in [1.29, 1.82) is 0 Å². The summed E-state index contributed by atoms with van der Waals surface area (Å²) >= 11 is 5.11. The van der Waals surface area contributed by atoms with Crippen LogP contribution in [0.1, 0.15) is 11.1 Å². The molecule has 120 valence electrons. The van der Waals surface area contributed by atoms with Gasteiger partial charge in [0.1, 0.15) is 0 Å². The van der Waals surface area contributed by atoms with Crippen LogP contribution in [0.4, 0.5) is 0 Å². The van der Waals surface area contributed by atoms with Crippen LogP contribution in [0.15, 0.2) is 47.6 Å². The standard InChI is InChI=1S/C16H17N3O3S/c1-22-14-8-12(7-13(20)15(14)21)10-18-19-16(23)17-9-11-5-3-2-4-6-11/h2-8,10,20-21H,9H2,1H3,(H2,17,19,23)/b18-10+. The highest BCUT2D eigenvalue weighted by atomic mass is 32.1. The highest BCUT2D eigenvalue weighted by Gasteiger charge is 2.08. The topological polar surface area (TPSA) is 86.1 Å². The SMILES string of the molecule is COc1cc(/C=N/NC(=S)NCc2ccccc2)cc(O)c1O. The highest BCUT2D eigenvalue weighted by molar-refractivity contribution is 7.80. The number of thiocarbonyl (C=S) groups is 1. The minimum Gasteiger partial charge on any atom is -0.504 e. The molecule has 6 nitrogen and oxygen atoms in total. The van der Waals surface area contributed by atoms with Crippen molar-refractivity contribution in [3.05, 3.63) is 53.6 Å². The van der Waals surface area contributed by atoms with Gasteiger partial charge in [-0.05, 0) is 29.9 Å². The summed E-state index contributed by atoms with van der Waals surface area (Å²) in [7, 11) is 1.40. The largest absolute Gasteiger partial charge is 0.504 e. The van der Waals surface area contributed by atoms with Crippen LogP contribution in [0.25, 0.3) is 0 Å². The Morgan fingerprint density at radius 2 is 2.00 bits per heavy atom. The van der Waals surface area contributed by atoms with Gasteiger partial charge in [-0.25, -0.2) is 0 Å². The number of hydrazone groups is 1. The molecular formula is C16H17N3O3S. The first-order valence-electron chi connectivity index (χ1n) is 6.81. The van der Waals surface area contributed by atoms with Crippen LogP contribution in [-0.4, -0.2) is 28.6 Å². The van der Waals surface area contributed by atoms with Crippen molar-refractivity contribution in [2.45, 2.75) is 6.54 Å². The second-order valence-electron chi connectivity index (χ2n) is 4.63. The quantitative estimate of drug-likeness (QED) is 0.291. The molecule has 0 aliphatic heterocycles. The second-order valence-corrected chi connectivity index (χ2v) is 5.04. The molecule has 0 aliphatic carbocycles. The number of aromatic hydroxyl groups is 2. The number of hydrogen-bond donors (Lipinski definition) is 4. The summed E-state index contributed by atoms with van der Waals surface area (Å²) in [6, 6.07) is 12.7. The maximum absolute atomic E-state index is 9.58. The maximum atomic E-state index is 9.58. The van der Waals surface area contributed by atoms with E-state index in [2.05, 4.69) is 15.8 Å². The van der Waals surface area contributed by atoms with Gasteiger partial charge in [-0.1, -0.05) is 30.3 Å². The average Bonchev–Trinajstić information content (AvgIpc) is 2.57.